The van der Waals surface area contributed by atoms with Gasteiger partial charge in [0.25, 0.3) is 0 Å². The minimum absolute atomic E-state index is 0.0289. The van der Waals surface area contributed by atoms with Crippen molar-refractivity contribution < 1.29 is 9.66 Å². The number of nitrogens with one attached hydrogen (secondary N) is 1. The number of nitro groups is 1. The Morgan fingerprint density at radius 2 is 2.33 bits per heavy atom. The number of rotatable bonds is 6. The first-order valence-corrected chi connectivity index (χ1v) is 6.87. The number of hydrogen-bond acceptors (Lipinski definition) is 5. The summed E-state index contributed by atoms with van der Waals surface area (Å²) in [5.41, 5.74) is 0. The number of nitrogens with zero attached hydrogens (tertiary/aromatic N) is 2. The highest BCUT2D eigenvalue weighted by molar-refractivity contribution is 9.11. The maximum Gasteiger partial charge on any atom is 0.350 e. The van der Waals surface area contributed by atoms with Crippen LogP contribution in [0.2, 0.25) is 0 Å². The van der Waals surface area contributed by atoms with Crippen LogP contribution in [-0.2, 0) is 4.74 Å². The van der Waals surface area contributed by atoms with Gasteiger partial charge in [-0.2, -0.15) is 0 Å². The maximum atomic E-state index is 10.8. The second-order valence-electron chi connectivity index (χ2n) is 4.43. The Labute approximate surface area is 116 Å². The first-order chi connectivity index (χ1) is 8.49. The zero-order valence-corrected chi connectivity index (χ0v) is 12.6. The van der Waals surface area contributed by atoms with Crippen molar-refractivity contribution in [2.45, 2.75) is 26.4 Å². The van der Waals surface area contributed by atoms with Crippen molar-refractivity contribution in [1.29, 1.82) is 0 Å². The Balaban J connectivity index is 2.75. The minimum Gasteiger partial charge on any atom is -0.378 e. The molecule has 0 aromatic rings. The molecule has 0 radical (unpaired) electrons. The van der Waals surface area contributed by atoms with Crippen molar-refractivity contribution in [3.8, 4) is 0 Å². The molecular formula is C11H20BrN3O3. The highest BCUT2D eigenvalue weighted by Gasteiger charge is 2.27. The van der Waals surface area contributed by atoms with Gasteiger partial charge in [-0.1, -0.05) is 0 Å². The molecule has 6 nitrogen and oxygen atoms in total. The molecule has 0 aliphatic carbocycles. The largest absolute Gasteiger partial charge is 0.378 e. The van der Waals surface area contributed by atoms with E-state index in [-0.39, 0.29) is 10.7 Å². The lowest BCUT2D eigenvalue weighted by Gasteiger charge is -2.26. The summed E-state index contributed by atoms with van der Waals surface area (Å²) < 4.78 is 5.49. The van der Waals surface area contributed by atoms with Crippen LogP contribution in [0.3, 0.4) is 0 Å². The van der Waals surface area contributed by atoms with Crippen molar-refractivity contribution in [3.63, 3.8) is 0 Å². The molecule has 1 aliphatic rings. The van der Waals surface area contributed by atoms with Crippen LogP contribution in [0.25, 0.3) is 0 Å². The second-order valence-corrected chi connectivity index (χ2v) is 5.18. The lowest BCUT2D eigenvalue weighted by Crippen LogP contribution is -2.35. The first kappa shape index (κ1) is 15.2. The molecule has 1 rings (SSSR count). The summed E-state index contributed by atoms with van der Waals surface area (Å²) in [6.07, 6.45) is 1.29. The molecule has 0 saturated carbocycles. The molecule has 7 heteroatoms. The molecule has 18 heavy (non-hydrogen) atoms. The van der Waals surface area contributed by atoms with Crippen LogP contribution < -0.4 is 5.32 Å². The van der Waals surface area contributed by atoms with E-state index >= 15 is 0 Å². The van der Waals surface area contributed by atoms with Crippen LogP contribution in [0.4, 0.5) is 0 Å². The van der Waals surface area contributed by atoms with Gasteiger partial charge >= 0.3 is 4.61 Å². The molecule has 0 aromatic carbocycles. The van der Waals surface area contributed by atoms with Crippen molar-refractivity contribution in [3.05, 3.63) is 20.5 Å². The van der Waals surface area contributed by atoms with E-state index in [4.69, 9.17) is 4.74 Å². The SMILES string of the molecule is CCN(CC1COC(C)C1)C(NC)=C(Br)[N+](=O)[O-]. The average Bonchev–Trinajstić information content (AvgIpc) is 2.74. The topological polar surface area (TPSA) is 67.6 Å². The molecule has 2 atom stereocenters. The first-order valence-electron chi connectivity index (χ1n) is 6.08. The zero-order chi connectivity index (χ0) is 13.7. The predicted molar refractivity (Wildman–Crippen MR) is 72.8 cm³/mol. The number of halogens is 1. The second kappa shape index (κ2) is 6.94. The molecule has 0 amide bonds. The molecule has 0 bridgehead atoms. The summed E-state index contributed by atoms with van der Waals surface area (Å²) in [7, 11) is 1.69. The number of ether oxygens (including phenoxy) is 1. The third kappa shape index (κ3) is 3.84. The summed E-state index contributed by atoms with van der Waals surface area (Å²) >= 11 is 3.02. The number of hydrogen-bond donors (Lipinski definition) is 1. The summed E-state index contributed by atoms with van der Waals surface area (Å²) in [6, 6.07) is 0. The van der Waals surface area contributed by atoms with Gasteiger partial charge in [0.1, 0.15) is 0 Å². The Bertz CT molecular complexity index is 335. The molecule has 104 valence electrons. The fourth-order valence-electron chi connectivity index (χ4n) is 2.20. The van der Waals surface area contributed by atoms with Gasteiger partial charge in [-0.25, -0.2) is 0 Å². The standard InChI is InChI=1S/C11H20BrN3O3/c1-4-14(6-9-5-8(2)18-7-9)11(13-3)10(12)15(16)17/h8-9,13H,4-7H2,1-3H3. The van der Waals surface area contributed by atoms with E-state index in [1.54, 1.807) is 7.05 Å². The van der Waals surface area contributed by atoms with Gasteiger partial charge in [-0.15, -0.1) is 0 Å². The van der Waals surface area contributed by atoms with Gasteiger partial charge in [-0.3, -0.25) is 10.1 Å². The van der Waals surface area contributed by atoms with Crippen molar-refractivity contribution >= 4 is 15.9 Å². The summed E-state index contributed by atoms with van der Waals surface area (Å²) in [6.45, 7) is 6.24. The molecule has 0 aromatic heterocycles. The van der Waals surface area contributed by atoms with E-state index in [0.717, 1.165) is 19.6 Å². The average molecular weight is 322 g/mol. The van der Waals surface area contributed by atoms with Crippen LogP contribution in [-0.4, -0.2) is 42.7 Å². The van der Waals surface area contributed by atoms with E-state index in [1.165, 1.54) is 0 Å². The highest BCUT2D eigenvalue weighted by Crippen LogP contribution is 2.22. The fourth-order valence-corrected chi connectivity index (χ4v) is 2.65. The summed E-state index contributed by atoms with van der Waals surface area (Å²) in [4.78, 5) is 12.4. The van der Waals surface area contributed by atoms with E-state index in [0.29, 0.717) is 18.3 Å². The van der Waals surface area contributed by atoms with Crippen LogP contribution in [0.5, 0.6) is 0 Å². The van der Waals surface area contributed by atoms with Crippen LogP contribution in [0, 0.1) is 16.0 Å². The monoisotopic (exact) mass is 321 g/mol. The third-order valence-electron chi connectivity index (χ3n) is 3.05. The van der Waals surface area contributed by atoms with E-state index in [2.05, 4.69) is 28.2 Å². The lowest BCUT2D eigenvalue weighted by atomic mass is 10.1. The van der Waals surface area contributed by atoms with E-state index in [9.17, 15) is 10.1 Å². The van der Waals surface area contributed by atoms with Crippen LogP contribution in [0.1, 0.15) is 20.3 Å². The Hall–Kier alpha value is -0.820. The smallest absolute Gasteiger partial charge is 0.350 e. The molecule has 1 aliphatic heterocycles. The predicted octanol–water partition coefficient (Wildman–Crippen LogP) is 1.75. The van der Waals surface area contributed by atoms with Gasteiger partial charge in [0, 0.05) is 42.0 Å². The molecule has 1 saturated heterocycles. The Morgan fingerprint density at radius 1 is 1.67 bits per heavy atom. The van der Waals surface area contributed by atoms with Gasteiger partial charge in [0.05, 0.1) is 17.6 Å². The lowest BCUT2D eigenvalue weighted by molar-refractivity contribution is -0.411. The Morgan fingerprint density at radius 3 is 2.72 bits per heavy atom. The molecule has 0 spiro atoms. The van der Waals surface area contributed by atoms with E-state index in [1.807, 2.05) is 11.8 Å². The molecule has 1 heterocycles. The highest BCUT2D eigenvalue weighted by atomic mass is 79.9. The van der Waals surface area contributed by atoms with E-state index < -0.39 is 4.92 Å². The van der Waals surface area contributed by atoms with Crippen molar-refractivity contribution in [2.75, 3.05) is 26.7 Å². The molecular weight excluding hydrogens is 302 g/mol. The summed E-state index contributed by atoms with van der Waals surface area (Å²) in [5, 5.41) is 13.7. The quantitative estimate of drug-likeness (QED) is 0.458. The van der Waals surface area contributed by atoms with Crippen molar-refractivity contribution in [1.82, 2.24) is 10.2 Å². The molecule has 2 unspecified atom stereocenters. The fraction of sp³-hybridized carbons (Fsp3) is 0.818. The van der Waals surface area contributed by atoms with Crippen LogP contribution in [0.15, 0.2) is 10.4 Å². The maximum absolute atomic E-state index is 10.8. The van der Waals surface area contributed by atoms with Crippen LogP contribution >= 0.6 is 15.9 Å². The van der Waals surface area contributed by atoms with Gasteiger partial charge in [-0.05, 0) is 20.3 Å². The third-order valence-corrected chi connectivity index (χ3v) is 3.72. The molecule has 1 N–H and O–H groups in total. The normalized spacial score (nSPS) is 24.7. The van der Waals surface area contributed by atoms with Gasteiger partial charge < -0.3 is 15.0 Å². The Kier molecular flexibility index (Phi) is 5.87. The minimum atomic E-state index is -0.428. The molecule has 1 fully saturated rings. The van der Waals surface area contributed by atoms with Gasteiger partial charge in [0.15, 0.2) is 5.82 Å². The van der Waals surface area contributed by atoms with Crippen molar-refractivity contribution in [2.24, 2.45) is 5.92 Å². The summed E-state index contributed by atoms with van der Waals surface area (Å²) in [5.74, 6) is 0.942. The van der Waals surface area contributed by atoms with Gasteiger partial charge in [0.2, 0.25) is 0 Å². The zero-order valence-electron chi connectivity index (χ0n) is 11.0.